The third kappa shape index (κ3) is 2.87. The van der Waals surface area contributed by atoms with E-state index in [1.54, 1.807) is 0 Å². The van der Waals surface area contributed by atoms with Gasteiger partial charge < -0.3 is 9.80 Å². The Morgan fingerprint density at radius 3 is 2.59 bits per heavy atom. The molecule has 0 bridgehead atoms. The second-order valence-electron chi connectivity index (χ2n) is 4.24. The van der Waals surface area contributed by atoms with E-state index >= 15 is 0 Å². The third-order valence-electron chi connectivity index (χ3n) is 3.29. The average Bonchev–Trinajstić information content (AvgIpc) is 2.39. The predicted molar refractivity (Wildman–Crippen MR) is 73.9 cm³/mol. The number of hydrogen-bond donors (Lipinski definition) is 0. The Kier molecular flexibility index (Phi) is 4.18. The zero-order chi connectivity index (χ0) is 12.3. The van der Waals surface area contributed by atoms with Crippen LogP contribution in [0.5, 0.6) is 0 Å². The molecular formula is C13H17BrN2O. The fourth-order valence-electron chi connectivity index (χ4n) is 2.14. The molecule has 92 valence electrons. The van der Waals surface area contributed by atoms with E-state index in [4.69, 9.17) is 0 Å². The van der Waals surface area contributed by atoms with Crippen LogP contribution in [0.1, 0.15) is 17.3 Å². The molecule has 4 heteroatoms. The van der Waals surface area contributed by atoms with E-state index in [1.165, 1.54) is 0 Å². The van der Waals surface area contributed by atoms with Gasteiger partial charge in [-0.05, 0) is 24.7 Å². The van der Waals surface area contributed by atoms with Crippen LogP contribution in [0.25, 0.3) is 0 Å². The number of piperazine rings is 1. The smallest absolute Gasteiger partial charge is 0.151 e. The monoisotopic (exact) mass is 296 g/mol. The average molecular weight is 297 g/mol. The molecule has 1 saturated heterocycles. The Hall–Kier alpha value is -0.870. The minimum absolute atomic E-state index is 0.723. The van der Waals surface area contributed by atoms with Gasteiger partial charge in [-0.15, -0.1) is 0 Å². The van der Waals surface area contributed by atoms with Crippen LogP contribution in [0.15, 0.2) is 22.7 Å². The molecule has 0 aromatic heterocycles. The molecule has 17 heavy (non-hydrogen) atoms. The summed E-state index contributed by atoms with van der Waals surface area (Å²) >= 11 is 3.38. The van der Waals surface area contributed by atoms with Gasteiger partial charge in [0.25, 0.3) is 0 Å². The van der Waals surface area contributed by atoms with Crippen molar-refractivity contribution >= 4 is 27.9 Å². The lowest BCUT2D eigenvalue weighted by Crippen LogP contribution is -2.46. The van der Waals surface area contributed by atoms with Gasteiger partial charge in [0.1, 0.15) is 0 Å². The summed E-state index contributed by atoms with van der Waals surface area (Å²) in [5, 5.41) is 0. The molecule has 1 aromatic carbocycles. The molecule has 0 spiro atoms. The summed E-state index contributed by atoms with van der Waals surface area (Å²) in [4.78, 5) is 15.7. The molecule has 0 unspecified atom stereocenters. The maximum atomic E-state index is 10.9. The van der Waals surface area contributed by atoms with E-state index < -0.39 is 0 Å². The number of carbonyl (C=O) groups is 1. The van der Waals surface area contributed by atoms with Crippen LogP contribution in [0.2, 0.25) is 0 Å². The summed E-state index contributed by atoms with van der Waals surface area (Å²) in [6, 6.07) is 5.97. The summed E-state index contributed by atoms with van der Waals surface area (Å²) in [6.45, 7) is 7.58. The lowest BCUT2D eigenvalue weighted by atomic mass is 10.2. The van der Waals surface area contributed by atoms with Crippen molar-refractivity contribution in [2.75, 3.05) is 37.6 Å². The van der Waals surface area contributed by atoms with E-state index in [-0.39, 0.29) is 0 Å². The number of aldehydes is 1. The Morgan fingerprint density at radius 2 is 2.00 bits per heavy atom. The van der Waals surface area contributed by atoms with Crippen molar-refractivity contribution < 1.29 is 4.79 Å². The summed E-state index contributed by atoms with van der Waals surface area (Å²) in [5.74, 6) is 0. The van der Waals surface area contributed by atoms with Crippen LogP contribution < -0.4 is 4.90 Å². The van der Waals surface area contributed by atoms with Crippen molar-refractivity contribution in [2.24, 2.45) is 0 Å². The number of rotatable bonds is 3. The van der Waals surface area contributed by atoms with Crippen molar-refractivity contribution in [3.8, 4) is 0 Å². The standard InChI is InChI=1S/C13H17BrN2O/c1-2-15-5-7-16(8-6-15)12-3-4-13(14)11(9-12)10-17/h3-4,9-10H,2,5-8H2,1H3. The van der Waals surface area contributed by atoms with Crippen molar-refractivity contribution in [1.29, 1.82) is 0 Å². The number of nitrogens with zero attached hydrogens (tertiary/aromatic N) is 2. The molecule has 1 fully saturated rings. The van der Waals surface area contributed by atoms with Crippen LogP contribution in [0, 0.1) is 0 Å². The second-order valence-corrected chi connectivity index (χ2v) is 5.10. The van der Waals surface area contributed by atoms with E-state index in [0.29, 0.717) is 0 Å². The number of hydrogen-bond acceptors (Lipinski definition) is 3. The highest BCUT2D eigenvalue weighted by molar-refractivity contribution is 9.10. The normalized spacial score (nSPS) is 17.2. The molecule has 0 aliphatic carbocycles. The largest absolute Gasteiger partial charge is 0.369 e. The van der Waals surface area contributed by atoms with Crippen molar-refractivity contribution in [1.82, 2.24) is 4.90 Å². The molecule has 0 radical (unpaired) electrons. The lowest BCUT2D eigenvalue weighted by molar-refractivity contribution is 0.112. The van der Waals surface area contributed by atoms with Crippen molar-refractivity contribution in [3.63, 3.8) is 0 Å². The molecular weight excluding hydrogens is 280 g/mol. The van der Waals surface area contributed by atoms with Gasteiger partial charge in [0, 0.05) is 41.9 Å². The van der Waals surface area contributed by atoms with Crippen LogP contribution in [-0.4, -0.2) is 43.9 Å². The van der Waals surface area contributed by atoms with Crippen LogP contribution in [0.3, 0.4) is 0 Å². The number of likely N-dealkylation sites (N-methyl/N-ethyl adjacent to an activating group) is 1. The molecule has 1 heterocycles. The highest BCUT2D eigenvalue weighted by Crippen LogP contribution is 2.23. The fourth-order valence-corrected chi connectivity index (χ4v) is 2.48. The van der Waals surface area contributed by atoms with Gasteiger partial charge >= 0.3 is 0 Å². The maximum absolute atomic E-state index is 10.9. The molecule has 3 nitrogen and oxygen atoms in total. The Bertz CT molecular complexity index is 400. The number of anilines is 1. The molecule has 0 N–H and O–H groups in total. The highest BCUT2D eigenvalue weighted by atomic mass is 79.9. The molecule has 1 aliphatic rings. The van der Waals surface area contributed by atoms with Gasteiger partial charge in [-0.25, -0.2) is 0 Å². The minimum Gasteiger partial charge on any atom is -0.369 e. The van der Waals surface area contributed by atoms with Crippen LogP contribution in [0.4, 0.5) is 5.69 Å². The highest BCUT2D eigenvalue weighted by Gasteiger charge is 2.16. The van der Waals surface area contributed by atoms with E-state index in [2.05, 4.69) is 38.7 Å². The van der Waals surface area contributed by atoms with Crippen molar-refractivity contribution in [3.05, 3.63) is 28.2 Å². The van der Waals surface area contributed by atoms with Crippen LogP contribution in [-0.2, 0) is 0 Å². The van der Waals surface area contributed by atoms with Gasteiger partial charge in [0.05, 0.1) is 0 Å². The summed E-state index contributed by atoms with van der Waals surface area (Å²) in [7, 11) is 0. The molecule has 0 amide bonds. The topological polar surface area (TPSA) is 23.6 Å². The van der Waals surface area contributed by atoms with E-state index in [0.717, 1.165) is 54.7 Å². The zero-order valence-corrected chi connectivity index (χ0v) is 11.6. The van der Waals surface area contributed by atoms with Crippen LogP contribution >= 0.6 is 15.9 Å². The van der Waals surface area contributed by atoms with Gasteiger partial charge in [0.15, 0.2) is 6.29 Å². The Labute approximate surface area is 111 Å². The summed E-state index contributed by atoms with van der Waals surface area (Å²) in [5.41, 5.74) is 1.87. The number of benzene rings is 1. The SMILES string of the molecule is CCN1CCN(c2ccc(Br)c(C=O)c2)CC1. The molecule has 1 aliphatic heterocycles. The first-order valence-electron chi connectivity index (χ1n) is 5.96. The van der Waals surface area contributed by atoms with E-state index in [1.807, 2.05) is 12.1 Å². The summed E-state index contributed by atoms with van der Waals surface area (Å²) in [6.07, 6.45) is 0.899. The van der Waals surface area contributed by atoms with E-state index in [9.17, 15) is 4.79 Å². The fraction of sp³-hybridized carbons (Fsp3) is 0.462. The van der Waals surface area contributed by atoms with Gasteiger partial charge in [-0.2, -0.15) is 0 Å². The first-order chi connectivity index (χ1) is 8.24. The zero-order valence-electron chi connectivity index (χ0n) is 10.0. The van der Waals surface area contributed by atoms with Crippen molar-refractivity contribution in [2.45, 2.75) is 6.92 Å². The molecule has 1 aromatic rings. The maximum Gasteiger partial charge on any atom is 0.151 e. The molecule has 2 rings (SSSR count). The van der Waals surface area contributed by atoms with Gasteiger partial charge in [-0.1, -0.05) is 22.9 Å². The number of carbonyl (C=O) groups excluding carboxylic acids is 1. The Balaban J connectivity index is 2.10. The summed E-state index contributed by atoms with van der Waals surface area (Å²) < 4.78 is 0.864. The lowest BCUT2D eigenvalue weighted by Gasteiger charge is -2.35. The van der Waals surface area contributed by atoms with Gasteiger partial charge in [-0.3, -0.25) is 4.79 Å². The minimum atomic E-state index is 0.723. The molecule has 0 saturated carbocycles. The molecule has 0 atom stereocenters. The first-order valence-corrected chi connectivity index (χ1v) is 6.76. The first kappa shape index (κ1) is 12.6. The number of halogens is 1. The second kappa shape index (κ2) is 5.65. The third-order valence-corrected chi connectivity index (χ3v) is 4.01. The quantitative estimate of drug-likeness (QED) is 0.801. The Morgan fingerprint density at radius 1 is 1.29 bits per heavy atom. The predicted octanol–water partition coefficient (Wildman–Crippen LogP) is 2.40. The van der Waals surface area contributed by atoms with Gasteiger partial charge in [0.2, 0.25) is 0 Å².